The van der Waals surface area contributed by atoms with Crippen molar-refractivity contribution in [1.82, 2.24) is 0 Å². The van der Waals surface area contributed by atoms with Crippen LogP contribution in [0.15, 0.2) is 22.7 Å². The van der Waals surface area contributed by atoms with Crippen LogP contribution in [-0.2, 0) is 0 Å². The summed E-state index contributed by atoms with van der Waals surface area (Å²) in [4.78, 5) is 0. The van der Waals surface area contributed by atoms with Crippen molar-refractivity contribution in [3.05, 3.63) is 27.7 Å². The zero-order chi connectivity index (χ0) is 8.27. The van der Waals surface area contributed by atoms with E-state index in [2.05, 4.69) is 15.9 Å². The zero-order valence-electron chi connectivity index (χ0n) is 5.55. The molecule has 0 saturated heterocycles. The molecule has 0 bridgehead atoms. The second-order valence-corrected chi connectivity index (χ2v) is 3.14. The van der Waals surface area contributed by atoms with Crippen LogP contribution in [-0.4, -0.2) is 12.7 Å². The van der Waals surface area contributed by atoms with E-state index in [4.69, 9.17) is 21.3 Å². The first kappa shape index (κ1) is 8.91. The molecule has 1 N–H and O–H groups in total. The van der Waals surface area contributed by atoms with Crippen LogP contribution in [0.1, 0.15) is 0 Å². The Balaban J connectivity index is 2.90. The van der Waals surface area contributed by atoms with E-state index in [9.17, 15) is 0 Å². The molecule has 1 rings (SSSR count). The molecular weight excluding hydrogens is 230 g/mol. The summed E-state index contributed by atoms with van der Waals surface area (Å²) in [5.41, 5.74) is 0. The average molecular weight is 235 g/mol. The summed E-state index contributed by atoms with van der Waals surface area (Å²) in [7, 11) is -0.333. The molecule has 11 heavy (non-hydrogen) atoms. The molecule has 0 atom stereocenters. The van der Waals surface area contributed by atoms with Gasteiger partial charge in [0.2, 0.25) is 0 Å². The summed E-state index contributed by atoms with van der Waals surface area (Å²) < 4.78 is 5.58. The largest absolute Gasteiger partial charge is 0.538 e. The van der Waals surface area contributed by atoms with Crippen molar-refractivity contribution < 1.29 is 9.68 Å². The fourth-order valence-corrected chi connectivity index (χ4v) is 1.46. The van der Waals surface area contributed by atoms with Gasteiger partial charge < -0.3 is 9.68 Å². The standard InChI is InChI=1S/C6H5BBrClO2/c8-5-3-4(9)1-2-6(5)11-7-10/h1-3,7,10H. The summed E-state index contributed by atoms with van der Waals surface area (Å²) in [5.74, 6) is 0.580. The third kappa shape index (κ3) is 2.40. The molecule has 0 radical (unpaired) electrons. The van der Waals surface area contributed by atoms with Gasteiger partial charge >= 0.3 is 7.69 Å². The number of halogens is 2. The van der Waals surface area contributed by atoms with Gasteiger partial charge in [-0.05, 0) is 34.1 Å². The molecule has 0 unspecified atom stereocenters. The third-order valence-corrected chi connectivity index (χ3v) is 1.97. The Morgan fingerprint density at radius 3 is 2.82 bits per heavy atom. The molecule has 0 saturated carbocycles. The number of rotatable bonds is 2. The normalized spacial score (nSPS) is 9.36. The van der Waals surface area contributed by atoms with E-state index in [1.165, 1.54) is 0 Å². The van der Waals surface area contributed by atoms with Crippen LogP contribution < -0.4 is 4.65 Å². The highest BCUT2D eigenvalue weighted by atomic mass is 79.9. The minimum Gasteiger partial charge on any atom is -0.538 e. The fourth-order valence-electron chi connectivity index (χ4n) is 0.662. The van der Waals surface area contributed by atoms with Crippen LogP contribution in [0.2, 0.25) is 5.02 Å². The average Bonchev–Trinajstić information content (AvgIpc) is 1.95. The van der Waals surface area contributed by atoms with Crippen LogP contribution in [0, 0.1) is 0 Å². The molecule has 0 fully saturated rings. The van der Waals surface area contributed by atoms with Gasteiger partial charge in [-0.3, -0.25) is 0 Å². The molecular formula is C6H5BBrClO2. The highest BCUT2D eigenvalue weighted by Gasteiger charge is 2.00. The number of hydrogen-bond donors (Lipinski definition) is 1. The van der Waals surface area contributed by atoms with E-state index < -0.39 is 0 Å². The van der Waals surface area contributed by atoms with Gasteiger partial charge in [-0.25, -0.2) is 0 Å². The third-order valence-electron chi connectivity index (χ3n) is 1.11. The quantitative estimate of drug-likeness (QED) is 0.791. The van der Waals surface area contributed by atoms with E-state index in [-0.39, 0.29) is 7.69 Å². The fraction of sp³-hybridized carbons (Fsp3) is 0. The Hall–Kier alpha value is -0.185. The van der Waals surface area contributed by atoms with Crippen molar-refractivity contribution in [3.63, 3.8) is 0 Å². The molecule has 0 spiro atoms. The van der Waals surface area contributed by atoms with Crippen molar-refractivity contribution in [2.75, 3.05) is 0 Å². The molecule has 2 nitrogen and oxygen atoms in total. The van der Waals surface area contributed by atoms with Crippen LogP contribution in [0.3, 0.4) is 0 Å². The van der Waals surface area contributed by atoms with Gasteiger partial charge in [0, 0.05) is 5.02 Å². The molecule has 1 aromatic carbocycles. The molecule has 0 amide bonds. The molecule has 0 aromatic heterocycles. The highest BCUT2D eigenvalue weighted by Crippen LogP contribution is 2.27. The Morgan fingerprint density at radius 2 is 2.27 bits per heavy atom. The summed E-state index contributed by atoms with van der Waals surface area (Å²) in [5, 5.41) is 9.06. The van der Waals surface area contributed by atoms with Crippen LogP contribution >= 0.6 is 27.5 Å². The van der Waals surface area contributed by atoms with E-state index in [0.29, 0.717) is 10.8 Å². The smallest absolute Gasteiger partial charge is 0.504 e. The van der Waals surface area contributed by atoms with Crippen molar-refractivity contribution in [2.45, 2.75) is 0 Å². The minimum atomic E-state index is -0.333. The van der Waals surface area contributed by atoms with Gasteiger partial charge in [0.25, 0.3) is 0 Å². The molecule has 58 valence electrons. The van der Waals surface area contributed by atoms with Gasteiger partial charge in [-0.1, -0.05) is 11.6 Å². The lowest BCUT2D eigenvalue weighted by molar-refractivity contribution is 0.452. The van der Waals surface area contributed by atoms with Crippen LogP contribution in [0.5, 0.6) is 5.75 Å². The summed E-state index contributed by atoms with van der Waals surface area (Å²) in [6.07, 6.45) is 0. The lowest BCUT2D eigenvalue weighted by Crippen LogP contribution is -1.99. The SMILES string of the molecule is OBOc1ccc(Cl)cc1Br. The molecule has 1 aromatic rings. The Kier molecular flexibility index (Phi) is 3.24. The van der Waals surface area contributed by atoms with Crippen molar-refractivity contribution in [2.24, 2.45) is 0 Å². The Morgan fingerprint density at radius 1 is 1.55 bits per heavy atom. The predicted octanol–water partition coefficient (Wildman–Crippen LogP) is 1.74. The maximum absolute atomic E-state index is 8.44. The summed E-state index contributed by atoms with van der Waals surface area (Å²) >= 11 is 8.90. The molecule has 5 heteroatoms. The van der Waals surface area contributed by atoms with Gasteiger partial charge in [0.05, 0.1) is 4.47 Å². The Bertz CT molecular complexity index is 256. The molecule has 0 aliphatic rings. The zero-order valence-corrected chi connectivity index (χ0v) is 7.89. The first-order valence-corrected chi connectivity index (χ1v) is 4.10. The van der Waals surface area contributed by atoms with Crippen LogP contribution in [0.4, 0.5) is 0 Å². The minimum absolute atomic E-state index is 0.333. The van der Waals surface area contributed by atoms with E-state index in [1.54, 1.807) is 18.2 Å². The van der Waals surface area contributed by atoms with Gasteiger partial charge in [0.1, 0.15) is 5.75 Å². The topological polar surface area (TPSA) is 29.5 Å². The maximum Gasteiger partial charge on any atom is 0.504 e. The summed E-state index contributed by atoms with van der Waals surface area (Å²) in [6, 6.07) is 5.08. The van der Waals surface area contributed by atoms with E-state index >= 15 is 0 Å². The summed E-state index contributed by atoms with van der Waals surface area (Å²) in [6.45, 7) is 0. The lowest BCUT2D eigenvalue weighted by atomic mass is 10.3. The second kappa shape index (κ2) is 4.00. The lowest BCUT2D eigenvalue weighted by Gasteiger charge is -2.03. The van der Waals surface area contributed by atoms with Gasteiger partial charge in [-0.2, -0.15) is 0 Å². The number of benzene rings is 1. The molecule has 0 heterocycles. The van der Waals surface area contributed by atoms with Gasteiger partial charge in [-0.15, -0.1) is 0 Å². The highest BCUT2D eigenvalue weighted by molar-refractivity contribution is 9.10. The monoisotopic (exact) mass is 234 g/mol. The van der Waals surface area contributed by atoms with Crippen LogP contribution in [0.25, 0.3) is 0 Å². The Labute approximate surface area is 78.6 Å². The predicted molar refractivity (Wildman–Crippen MR) is 49.1 cm³/mol. The number of hydrogen-bond acceptors (Lipinski definition) is 2. The maximum atomic E-state index is 8.44. The van der Waals surface area contributed by atoms with Crippen molar-refractivity contribution >= 4 is 35.2 Å². The molecule has 0 aliphatic heterocycles. The van der Waals surface area contributed by atoms with Crippen molar-refractivity contribution in [3.8, 4) is 5.75 Å². The van der Waals surface area contributed by atoms with Crippen molar-refractivity contribution in [1.29, 1.82) is 0 Å². The molecule has 0 aliphatic carbocycles. The second-order valence-electron chi connectivity index (χ2n) is 1.85. The first-order chi connectivity index (χ1) is 5.24. The van der Waals surface area contributed by atoms with E-state index in [1.807, 2.05) is 0 Å². The first-order valence-electron chi connectivity index (χ1n) is 2.93. The van der Waals surface area contributed by atoms with Gasteiger partial charge in [0.15, 0.2) is 0 Å². The van der Waals surface area contributed by atoms with E-state index in [0.717, 1.165) is 4.47 Å².